The molecule has 1 aromatic carbocycles. The van der Waals surface area contributed by atoms with Crippen molar-refractivity contribution in [2.45, 2.75) is 50.8 Å². The van der Waals surface area contributed by atoms with Crippen molar-refractivity contribution in [1.82, 2.24) is 15.1 Å². The highest BCUT2D eigenvalue weighted by Crippen LogP contribution is 2.33. The summed E-state index contributed by atoms with van der Waals surface area (Å²) in [4.78, 5) is 0. The van der Waals surface area contributed by atoms with E-state index in [9.17, 15) is 0 Å². The molecule has 26 heavy (non-hydrogen) atoms. The van der Waals surface area contributed by atoms with Gasteiger partial charge in [-0.3, -0.25) is 4.68 Å². The Bertz CT molecular complexity index is 746. The summed E-state index contributed by atoms with van der Waals surface area (Å²) in [7, 11) is 1.95. The van der Waals surface area contributed by atoms with E-state index in [-0.39, 0.29) is 6.10 Å². The van der Waals surface area contributed by atoms with E-state index in [4.69, 9.17) is 14.2 Å². The van der Waals surface area contributed by atoms with Crippen LogP contribution in [0, 0.1) is 0 Å². The van der Waals surface area contributed by atoms with Crippen LogP contribution in [-0.4, -0.2) is 35.3 Å². The van der Waals surface area contributed by atoms with Gasteiger partial charge in [0.05, 0.1) is 6.20 Å². The van der Waals surface area contributed by atoms with Crippen LogP contribution in [0.2, 0.25) is 0 Å². The first kappa shape index (κ1) is 17.4. The Morgan fingerprint density at radius 1 is 1.31 bits per heavy atom. The molecule has 0 bridgehead atoms. The Hall–Kier alpha value is -2.05. The number of aromatic nitrogens is 2. The molecule has 2 aliphatic rings. The maximum atomic E-state index is 6.06. The van der Waals surface area contributed by atoms with Crippen LogP contribution in [0.1, 0.15) is 43.4 Å². The first-order valence-electron chi connectivity index (χ1n) is 9.44. The summed E-state index contributed by atoms with van der Waals surface area (Å²) in [6.07, 6.45) is 8.37. The number of nitrogens with zero attached hydrogens (tertiary/aromatic N) is 2. The third-order valence-corrected chi connectivity index (χ3v) is 5.18. The lowest BCUT2D eigenvalue weighted by molar-refractivity contribution is -0.0136. The average molecular weight is 357 g/mol. The number of nitrogens with one attached hydrogen (secondary N) is 1. The summed E-state index contributed by atoms with van der Waals surface area (Å²) in [6.45, 7) is 3.40. The van der Waals surface area contributed by atoms with Crippen LogP contribution in [0.3, 0.4) is 0 Å². The third-order valence-electron chi connectivity index (χ3n) is 5.18. The van der Waals surface area contributed by atoms with Crippen LogP contribution < -0.4 is 14.8 Å². The van der Waals surface area contributed by atoms with E-state index < -0.39 is 0 Å². The van der Waals surface area contributed by atoms with Gasteiger partial charge in [0.15, 0.2) is 11.5 Å². The zero-order chi connectivity index (χ0) is 17.9. The summed E-state index contributed by atoms with van der Waals surface area (Å²) in [5, 5.41) is 8.08. The fraction of sp³-hybridized carbons (Fsp3) is 0.550. The Balaban J connectivity index is 1.33. The number of ether oxygens (including phenoxy) is 3. The van der Waals surface area contributed by atoms with Crippen LogP contribution in [0.15, 0.2) is 30.6 Å². The second-order valence-electron chi connectivity index (χ2n) is 7.28. The number of hydrogen-bond donors (Lipinski definition) is 1. The minimum atomic E-state index is 0.0884. The average Bonchev–Trinajstić information content (AvgIpc) is 3.28. The standard InChI is InChI=1S/C20H27N3O3/c1-14(5-6-15-7-8-18-19(10-15)26-13-25-18)22-17-4-3-9-24-20(17)16-11-21-23(2)12-16/h7-8,10-12,14,17,20,22H,3-6,9,13H2,1-2H3/t14-,17-,20+/m0/s1. The zero-order valence-electron chi connectivity index (χ0n) is 15.5. The minimum Gasteiger partial charge on any atom is -0.454 e. The van der Waals surface area contributed by atoms with Crippen LogP contribution in [0.25, 0.3) is 0 Å². The maximum Gasteiger partial charge on any atom is 0.231 e. The lowest BCUT2D eigenvalue weighted by Gasteiger charge is -2.34. The highest BCUT2D eigenvalue weighted by atomic mass is 16.7. The second kappa shape index (κ2) is 7.68. The molecule has 1 N–H and O–H groups in total. The largest absolute Gasteiger partial charge is 0.454 e. The van der Waals surface area contributed by atoms with Gasteiger partial charge in [0.25, 0.3) is 0 Å². The smallest absolute Gasteiger partial charge is 0.231 e. The lowest BCUT2D eigenvalue weighted by atomic mass is 9.96. The Morgan fingerprint density at radius 3 is 3.04 bits per heavy atom. The van der Waals surface area contributed by atoms with Crippen molar-refractivity contribution in [2.75, 3.05) is 13.4 Å². The molecular formula is C20H27N3O3. The molecule has 2 aliphatic heterocycles. The Morgan fingerprint density at radius 2 is 2.19 bits per heavy atom. The normalized spacial score (nSPS) is 23.2. The Labute approximate surface area is 154 Å². The van der Waals surface area contributed by atoms with E-state index in [1.807, 2.05) is 24.0 Å². The second-order valence-corrected chi connectivity index (χ2v) is 7.28. The quantitative estimate of drug-likeness (QED) is 0.861. The minimum absolute atomic E-state index is 0.0884. The number of hydrogen-bond acceptors (Lipinski definition) is 5. The first-order chi connectivity index (χ1) is 12.7. The molecule has 0 spiro atoms. The molecule has 0 radical (unpaired) electrons. The van der Waals surface area contributed by atoms with E-state index in [0.29, 0.717) is 18.9 Å². The first-order valence-corrected chi connectivity index (χ1v) is 9.44. The van der Waals surface area contributed by atoms with Gasteiger partial charge in [0.1, 0.15) is 6.10 Å². The van der Waals surface area contributed by atoms with Crippen molar-refractivity contribution in [3.63, 3.8) is 0 Å². The fourth-order valence-corrected chi connectivity index (χ4v) is 3.80. The van der Waals surface area contributed by atoms with Gasteiger partial charge in [-0.05, 0) is 50.3 Å². The third kappa shape index (κ3) is 3.86. The summed E-state index contributed by atoms with van der Waals surface area (Å²) >= 11 is 0. The van der Waals surface area contributed by atoms with Gasteiger partial charge >= 0.3 is 0 Å². The summed E-state index contributed by atoms with van der Waals surface area (Å²) in [5.41, 5.74) is 2.44. The molecule has 0 unspecified atom stereocenters. The van der Waals surface area contributed by atoms with Crippen molar-refractivity contribution in [2.24, 2.45) is 7.05 Å². The molecule has 6 nitrogen and oxygen atoms in total. The number of aryl methyl sites for hydroxylation is 2. The molecule has 6 heteroatoms. The van der Waals surface area contributed by atoms with Gasteiger partial charge in [-0.15, -0.1) is 0 Å². The van der Waals surface area contributed by atoms with Gasteiger partial charge in [0, 0.05) is 37.5 Å². The van der Waals surface area contributed by atoms with Crippen LogP contribution in [0.4, 0.5) is 0 Å². The SMILES string of the molecule is C[C@@H](CCc1ccc2c(c1)OCO2)N[C@H]1CCCO[C@@H]1c1cnn(C)c1. The van der Waals surface area contributed by atoms with E-state index in [0.717, 1.165) is 49.4 Å². The molecule has 2 aromatic rings. The summed E-state index contributed by atoms with van der Waals surface area (Å²) < 4.78 is 18.7. The highest BCUT2D eigenvalue weighted by Gasteiger charge is 2.29. The van der Waals surface area contributed by atoms with Gasteiger partial charge in [-0.1, -0.05) is 6.07 Å². The van der Waals surface area contributed by atoms with Crippen molar-refractivity contribution < 1.29 is 14.2 Å². The van der Waals surface area contributed by atoms with E-state index in [1.165, 1.54) is 5.56 Å². The zero-order valence-corrected chi connectivity index (χ0v) is 15.5. The molecule has 0 aliphatic carbocycles. The maximum absolute atomic E-state index is 6.06. The molecule has 0 amide bonds. The topological polar surface area (TPSA) is 57.5 Å². The molecule has 140 valence electrons. The van der Waals surface area contributed by atoms with Crippen LogP contribution >= 0.6 is 0 Å². The molecule has 1 saturated heterocycles. The van der Waals surface area contributed by atoms with Crippen LogP contribution in [0.5, 0.6) is 11.5 Å². The molecule has 0 saturated carbocycles. The predicted octanol–water partition coefficient (Wildman–Crippen LogP) is 2.98. The van der Waals surface area contributed by atoms with Crippen molar-refractivity contribution >= 4 is 0 Å². The van der Waals surface area contributed by atoms with Gasteiger partial charge in [-0.2, -0.15) is 5.10 Å². The van der Waals surface area contributed by atoms with E-state index in [2.05, 4.69) is 35.7 Å². The van der Waals surface area contributed by atoms with E-state index >= 15 is 0 Å². The van der Waals surface area contributed by atoms with Gasteiger partial charge in [0.2, 0.25) is 6.79 Å². The highest BCUT2D eigenvalue weighted by molar-refractivity contribution is 5.44. The molecule has 1 fully saturated rings. The van der Waals surface area contributed by atoms with Gasteiger partial charge in [-0.25, -0.2) is 0 Å². The van der Waals surface area contributed by atoms with Crippen molar-refractivity contribution in [3.8, 4) is 11.5 Å². The molecule has 3 heterocycles. The van der Waals surface area contributed by atoms with E-state index in [1.54, 1.807) is 0 Å². The number of rotatable bonds is 6. The fourth-order valence-electron chi connectivity index (χ4n) is 3.80. The number of fused-ring (bicyclic) bond motifs is 1. The predicted molar refractivity (Wildman–Crippen MR) is 98.4 cm³/mol. The number of benzene rings is 1. The Kier molecular flexibility index (Phi) is 5.13. The molecule has 1 aromatic heterocycles. The monoisotopic (exact) mass is 357 g/mol. The van der Waals surface area contributed by atoms with Crippen molar-refractivity contribution in [3.05, 3.63) is 41.7 Å². The van der Waals surface area contributed by atoms with Crippen molar-refractivity contribution in [1.29, 1.82) is 0 Å². The van der Waals surface area contributed by atoms with Gasteiger partial charge < -0.3 is 19.5 Å². The lowest BCUT2D eigenvalue weighted by Crippen LogP contribution is -2.44. The molecule has 3 atom stereocenters. The van der Waals surface area contributed by atoms with Crippen LogP contribution in [-0.2, 0) is 18.2 Å². The molecule has 4 rings (SSSR count). The summed E-state index contributed by atoms with van der Waals surface area (Å²) in [5.74, 6) is 1.71. The summed E-state index contributed by atoms with van der Waals surface area (Å²) in [6, 6.07) is 6.97. The molecular weight excluding hydrogens is 330 g/mol.